The summed E-state index contributed by atoms with van der Waals surface area (Å²) in [5.74, 6) is -1.31. The molecule has 0 spiro atoms. The van der Waals surface area contributed by atoms with Gasteiger partial charge in [0.25, 0.3) is 5.91 Å². The summed E-state index contributed by atoms with van der Waals surface area (Å²) in [5, 5.41) is 12.1. The second-order valence-electron chi connectivity index (χ2n) is 4.78. The summed E-state index contributed by atoms with van der Waals surface area (Å²) >= 11 is 1.53. The normalized spacial score (nSPS) is 18.0. The summed E-state index contributed by atoms with van der Waals surface area (Å²) in [6.45, 7) is 4.50. The fraction of sp³-hybridized carbons (Fsp3) is 0.538. The third-order valence-corrected chi connectivity index (χ3v) is 4.36. The third-order valence-electron chi connectivity index (χ3n) is 3.39. The highest BCUT2D eigenvalue weighted by Gasteiger charge is 2.42. The molecule has 1 saturated heterocycles. The average molecular weight is 283 g/mol. The number of rotatable bonds is 3. The maximum atomic E-state index is 12.2. The molecule has 2 heterocycles. The lowest BCUT2D eigenvalue weighted by atomic mass is 9.89. The van der Waals surface area contributed by atoms with Crippen molar-refractivity contribution >= 4 is 23.2 Å². The standard InChI is InChI=1S/C13H17NO4S/c1-8-7-10(9(2)19-8)11(15)14-13(12(16)17)3-5-18-6-4-13/h7H,3-6H2,1-2H3,(H,14,15)(H,16,17). The van der Waals surface area contributed by atoms with E-state index in [2.05, 4.69) is 5.32 Å². The zero-order valence-corrected chi connectivity index (χ0v) is 11.8. The number of hydrogen-bond donors (Lipinski definition) is 2. The fourth-order valence-corrected chi connectivity index (χ4v) is 3.17. The highest BCUT2D eigenvalue weighted by atomic mass is 32.1. The van der Waals surface area contributed by atoms with Gasteiger partial charge >= 0.3 is 5.97 Å². The van der Waals surface area contributed by atoms with Gasteiger partial charge in [-0.05, 0) is 19.9 Å². The lowest BCUT2D eigenvalue weighted by Gasteiger charge is -2.33. The van der Waals surface area contributed by atoms with Crippen molar-refractivity contribution < 1.29 is 19.4 Å². The minimum Gasteiger partial charge on any atom is -0.480 e. The Labute approximate surface area is 115 Å². The van der Waals surface area contributed by atoms with E-state index < -0.39 is 11.5 Å². The molecule has 19 heavy (non-hydrogen) atoms. The highest BCUT2D eigenvalue weighted by molar-refractivity contribution is 7.12. The molecule has 0 saturated carbocycles. The smallest absolute Gasteiger partial charge is 0.329 e. The van der Waals surface area contributed by atoms with Gasteiger partial charge in [-0.2, -0.15) is 0 Å². The molecule has 0 aliphatic carbocycles. The molecule has 1 aliphatic heterocycles. The Morgan fingerprint density at radius 2 is 2.00 bits per heavy atom. The Morgan fingerprint density at radius 3 is 2.47 bits per heavy atom. The molecule has 0 atom stereocenters. The lowest BCUT2D eigenvalue weighted by molar-refractivity contribution is -0.148. The third kappa shape index (κ3) is 2.79. The molecule has 2 rings (SSSR count). The molecule has 5 nitrogen and oxygen atoms in total. The fourth-order valence-electron chi connectivity index (χ4n) is 2.25. The first kappa shape index (κ1) is 14.0. The van der Waals surface area contributed by atoms with Gasteiger partial charge in [0.2, 0.25) is 0 Å². The number of thiophene rings is 1. The molecule has 0 unspecified atom stereocenters. The van der Waals surface area contributed by atoms with Gasteiger partial charge in [-0.3, -0.25) is 4.79 Å². The minimum absolute atomic E-state index is 0.302. The molecule has 6 heteroatoms. The number of nitrogens with one attached hydrogen (secondary N) is 1. The van der Waals surface area contributed by atoms with Crippen LogP contribution >= 0.6 is 11.3 Å². The zero-order valence-electron chi connectivity index (χ0n) is 11.0. The van der Waals surface area contributed by atoms with E-state index in [4.69, 9.17) is 4.74 Å². The maximum Gasteiger partial charge on any atom is 0.329 e. The first-order valence-corrected chi connectivity index (χ1v) is 6.97. The predicted octanol–water partition coefficient (Wildman–Crippen LogP) is 1.73. The monoisotopic (exact) mass is 283 g/mol. The molecule has 0 radical (unpaired) electrons. The first-order chi connectivity index (χ1) is 8.94. The van der Waals surface area contributed by atoms with E-state index >= 15 is 0 Å². The van der Waals surface area contributed by atoms with Gasteiger partial charge in [0.15, 0.2) is 0 Å². The van der Waals surface area contributed by atoms with Gasteiger partial charge in [-0.15, -0.1) is 11.3 Å². The Bertz CT molecular complexity index is 503. The molecule has 1 fully saturated rings. The van der Waals surface area contributed by atoms with Crippen LogP contribution in [-0.4, -0.2) is 35.7 Å². The van der Waals surface area contributed by atoms with Crippen LogP contribution in [0.4, 0.5) is 0 Å². The highest BCUT2D eigenvalue weighted by Crippen LogP contribution is 2.24. The summed E-state index contributed by atoms with van der Waals surface area (Å²) in [6, 6.07) is 1.80. The van der Waals surface area contributed by atoms with Crippen LogP contribution in [0, 0.1) is 13.8 Å². The Balaban J connectivity index is 2.20. The summed E-state index contributed by atoms with van der Waals surface area (Å²) in [5.41, 5.74) is -0.632. The minimum atomic E-state index is -1.20. The molecule has 1 aromatic rings. The maximum absolute atomic E-state index is 12.2. The van der Waals surface area contributed by atoms with Gasteiger partial charge < -0.3 is 15.2 Å². The van der Waals surface area contributed by atoms with E-state index in [0.29, 0.717) is 31.6 Å². The topological polar surface area (TPSA) is 75.6 Å². The van der Waals surface area contributed by atoms with Crippen LogP contribution in [0.1, 0.15) is 33.0 Å². The van der Waals surface area contributed by atoms with Gasteiger partial charge in [0.05, 0.1) is 5.56 Å². The summed E-state index contributed by atoms with van der Waals surface area (Å²) < 4.78 is 5.18. The summed E-state index contributed by atoms with van der Waals surface area (Å²) in [4.78, 5) is 25.7. The molecule has 0 aromatic carbocycles. The van der Waals surface area contributed by atoms with Gasteiger partial charge in [-0.1, -0.05) is 0 Å². The predicted molar refractivity (Wildman–Crippen MR) is 71.7 cm³/mol. The van der Waals surface area contributed by atoms with Crippen molar-refractivity contribution in [2.45, 2.75) is 32.2 Å². The molecule has 2 N–H and O–H groups in total. The number of aliphatic carboxylic acids is 1. The molecule has 104 valence electrons. The number of aryl methyl sites for hydroxylation is 2. The quantitative estimate of drug-likeness (QED) is 0.885. The van der Waals surface area contributed by atoms with Crippen molar-refractivity contribution in [2.24, 2.45) is 0 Å². The van der Waals surface area contributed by atoms with Crippen molar-refractivity contribution in [1.29, 1.82) is 0 Å². The lowest BCUT2D eigenvalue weighted by Crippen LogP contribution is -2.57. The van der Waals surface area contributed by atoms with Gasteiger partial charge in [-0.25, -0.2) is 4.79 Å². The van der Waals surface area contributed by atoms with E-state index in [-0.39, 0.29) is 5.91 Å². The van der Waals surface area contributed by atoms with E-state index in [1.165, 1.54) is 11.3 Å². The van der Waals surface area contributed by atoms with Crippen LogP contribution in [0.3, 0.4) is 0 Å². The van der Waals surface area contributed by atoms with E-state index in [1.54, 1.807) is 6.07 Å². The number of carboxylic acid groups (broad SMARTS) is 1. The molecular weight excluding hydrogens is 266 g/mol. The van der Waals surface area contributed by atoms with Crippen molar-refractivity contribution in [1.82, 2.24) is 5.32 Å². The SMILES string of the molecule is Cc1cc(C(=O)NC2(C(=O)O)CCOCC2)c(C)s1. The van der Waals surface area contributed by atoms with E-state index in [9.17, 15) is 14.7 Å². The Kier molecular flexibility index (Phi) is 3.91. The number of carbonyl (C=O) groups excluding carboxylic acids is 1. The van der Waals surface area contributed by atoms with Crippen molar-refractivity contribution in [3.8, 4) is 0 Å². The van der Waals surface area contributed by atoms with Crippen molar-refractivity contribution in [3.63, 3.8) is 0 Å². The van der Waals surface area contributed by atoms with Crippen LogP contribution < -0.4 is 5.32 Å². The molecule has 1 aromatic heterocycles. The molecular formula is C13H17NO4S. The second kappa shape index (κ2) is 5.30. The van der Waals surface area contributed by atoms with Crippen LogP contribution in [0.15, 0.2) is 6.07 Å². The van der Waals surface area contributed by atoms with Crippen LogP contribution in [0.25, 0.3) is 0 Å². The number of hydrogen-bond acceptors (Lipinski definition) is 4. The number of amides is 1. The van der Waals surface area contributed by atoms with Crippen molar-refractivity contribution in [3.05, 3.63) is 21.4 Å². The zero-order chi connectivity index (χ0) is 14.0. The van der Waals surface area contributed by atoms with Crippen LogP contribution in [0.2, 0.25) is 0 Å². The largest absolute Gasteiger partial charge is 0.480 e. The van der Waals surface area contributed by atoms with E-state index in [0.717, 1.165) is 9.75 Å². The Hall–Kier alpha value is -1.40. The van der Waals surface area contributed by atoms with Crippen LogP contribution in [-0.2, 0) is 9.53 Å². The Morgan fingerprint density at radius 1 is 1.37 bits per heavy atom. The van der Waals surface area contributed by atoms with E-state index in [1.807, 2.05) is 13.8 Å². The average Bonchev–Trinajstić information content (AvgIpc) is 2.69. The summed E-state index contributed by atoms with van der Waals surface area (Å²) in [6.07, 6.45) is 0.604. The summed E-state index contributed by atoms with van der Waals surface area (Å²) in [7, 11) is 0. The molecule has 1 aliphatic rings. The van der Waals surface area contributed by atoms with Crippen molar-refractivity contribution in [2.75, 3.05) is 13.2 Å². The second-order valence-corrected chi connectivity index (χ2v) is 6.24. The molecule has 1 amide bonds. The number of ether oxygens (including phenoxy) is 1. The number of carboxylic acids is 1. The van der Waals surface area contributed by atoms with Crippen LogP contribution in [0.5, 0.6) is 0 Å². The number of carbonyl (C=O) groups is 2. The van der Waals surface area contributed by atoms with Gasteiger partial charge in [0.1, 0.15) is 5.54 Å². The molecule has 0 bridgehead atoms. The first-order valence-electron chi connectivity index (χ1n) is 6.15. The van der Waals surface area contributed by atoms with Gasteiger partial charge in [0, 0.05) is 35.8 Å².